The average molecular weight is 520 g/mol. The summed E-state index contributed by atoms with van der Waals surface area (Å²) in [4.78, 5) is 13.3. The van der Waals surface area contributed by atoms with E-state index in [1.54, 1.807) is 26.8 Å². The maximum atomic E-state index is 15.3. The molecule has 2 aromatic heterocycles. The van der Waals surface area contributed by atoms with Crippen LogP contribution in [0.25, 0.3) is 22.3 Å². The number of halogens is 2. The van der Waals surface area contributed by atoms with E-state index in [9.17, 15) is 10.2 Å². The normalized spacial score (nSPS) is 28.3. The monoisotopic (exact) mass is 519 g/mol. The lowest BCUT2D eigenvalue weighted by molar-refractivity contribution is -0.253. The molecule has 4 atom stereocenters. The van der Waals surface area contributed by atoms with Crippen LogP contribution in [0.1, 0.15) is 59.8 Å². The van der Waals surface area contributed by atoms with Crippen LogP contribution in [0.2, 0.25) is 5.02 Å². The molecule has 5 rings (SSSR count). The molecule has 2 saturated heterocycles. The van der Waals surface area contributed by atoms with Gasteiger partial charge in [-0.1, -0.05) is 11.6 Å². The van der Waals surface area contributed by atoms with E-state index in [1.165, 1.54) is 12.3 Å². The summed E-state index contributed by atoms with van der Waals surface area (Å²) in [6.45, 7) is 11.1. The van der Waals surface area contributed by atoms with Crippen molar-refractivity contribution >= 4 is 28.6 Å². The Hall–Kier alpha value is -2.37. The van der Waals surface area contributed by atoms with Crippen molar-refractivity contribution in [2.75, 3.05) is 11.9 Å². The molecular weight excluding hydrogens is 489 g/mol. The zero-order valence-corrected chi connectivity index (χ0v) is 21.9. The zero-order chi connectivity index (χ0) is 26.2. The van der Waals surface area contributed by atoms with Crippen molar-refractivity contribution in [2.24, 2.45) is 0 Å². The van der Waals surface area contributed by atoms with Crippen molar-refractivity contribution in [1.82, 2.24) is 19.5 Å². The number of imidazole rings is 1. The number of anilines is 1. The number of nitrogens with one attached hydrogen (secondary N) is 1. The van der Waals surface area contributed by atoms with Crippen molar-refractivity contribution in [3.8, 4) is 11.3 Å². The molecule has 2 bridgehead atoms. The average Bonchev–Trinajstić information content (AvgIpc) is 3.30. The Kier molecular flexibility index (Phi) is 5.85. The first-order valence-electron chi connectivity index (χ1n) is 12.0. The summed E-state index contributed by atoms with van der Waals surface area (Å²) in [5.41, 5.74) is -0.349. The highest BCUT2D eigenvalue weighted by Gasteiger charge is 2.57. The molecule has 2 fully saturated rings. The lowest BCUT2D eigenvalue weighted by Crippen LogP contribution is -2.57. The van der Waals surface area contributed by atoms with Crippen molar-refractivity contribution in [3.63, 3.8) is 0 Å². The highest BCUT2D eigenvalue weighted by atomic mass is 35.5. The second kappa shape index (κ2) is 8.32. The van der Waals surface area contributed by atoms with Gasteiger partial charge in [0.05, 0.1) is 40.7 Å². The lowest BCUT2D eigenvalue weighted by Gasteiger charge is -2.42. The van der Waals surface area contributed by atoms with Gasteiger partial charge >= 0.3 is 0 Å². The minimum absolute atomic E-state index is 0.0838. The molecule has 0 saturated carbocycles. The van der Waals surface area contributed by atoms with Crippen molar-refractivity contribution < 1.29 is 24.1 Å². The van der Waals surface area contributed by atoms with E-state index in [4.69, 9.17) is 21.1 Å². The Labute approximate surface area is 213 Å². The van der Waals surface area contributed by atoms with Crippen LogP contribution in [0, 0.1) is 5.82 Å². The zero-order valence-electron chi connectivity index (χ0n) is 21.1. The first kappa shape index (κ1) is 25.3. The van der Waals surface area contributed by atoms with Gasteiger partial charge in [0, 0.05) is 18.0 Å². The van der Waals surface area contributed by atoms with Crippen LogP contribution in [-0.4, -0.2) is 59.9 Å². The van der Waals surface area contributed by atoms with Gasteiger partial charge in [0.1, 0.15) is 23.0 Å². The van der Waals surface area contributed by atoms with Gasteiger partial charge in [-0.25, -0.2) is 19.3 Å². The lowest BCUT2D eigenvalue weighted by atomic mass is 9.89. The van der Waals surface area contributed by atoms with Gasteiger partial charge in [-0.2, -0.15) is 0 Å². The van der Waals surface area contributed by atoms with Crippen LogP contribution in [0.3, 0.4) is 0 Å². The van der Waals surface area contributed by atoms with E-state index in [0.717, 1.165) is 0 Å². The van der Waals surface area contributed by atoms with Crippen molar-refractivity contribution in [2.45, 2.75) is 83.1 Å². The molecule has 9 nitrogen and oxygen atoms in total. The second-order valence-corrected chi connectivity index (χ2v) is 11.3. The molecule has 2 aliphatic rings. The van der Waals surface area contributed by atoms with Gasteiger partial charge in [-0.3, -0.25) is 0 Å². The summed E-state index contributed by atoms with van der Waals surface area (Å²) in [6, 6.07) is 2.57. The van der Waals surface area contributed by atoms with E-state index in [1.807, 2.05) is 25.3 Å². The van der Waals surface area contributed by atoms with Crippen LogP contribution < -0.4 is 5.32 Å². The first-order chi connectivity index (χ1) is 16.7. The molecule has 36 heavy (non-hydrogen) atoms. The molecule has 0 radical (unpaired) electrons. The number of hydrogen-bond donors (Lipinski definition) is 3. The van der Waals surface area contributed by atoms with E-state index in [0.29, 0.717) is 35.6 Å². The van der Waals surface area contributed by atoms with Crippen LogP contribution in [0.15, 0.2) is 18.3 Å². The Balaban J connectivity index is 1.55. The smallest absolute Gasteiger partial charge is 0.223 e. The van der Waals surface area contributed by atoms with E-state index in [-0.39, 0.29) is 22.5 Å². The standard InChI is InChI=1S/C25H31ClFN5O4/c1-12(2)32-17-8-13(7-15(27)19(17)30-21(32)23(3,4)34)18-14(26)10-28-22(31-18)29-16-9-24(5)11-35-25(6,36-24)20(16)33/h7-8,10,12,16,20,33-34H,9,11H2,1-6H3,(H,28,29,31)/t16-,20+,24+,25-/m1/s1. The number of aliphatic hydroxyl groups excluding tert-OH is 1. The van der Waals surface area contributed by atoms with Gasteiger partial charge in [0.25, 0.3) is 0 Å². The molecule has 0 unspecified atom stereocenters. The number of nitrogens with zero attached hydrogens (tertiary/aromatic N) is 4. The van der Waals surface area contributed by atoms with Crippen molar-refractivity contribution in [3.05, 3.63) is 35.0 Å². The fourth-order valence-electron chi connectivity index (χ4n) is 5.21. The minimum atomic E-state index is -1.26. The van der Waals surface area contributed by atoms with Gasteiger partial charge in [0.15, 0.2) is 11.6 Å². The second-order valence-electron chi connectivity index (χ2n) is 10.9. The topological polar surface area (TPSA) is 115 Å². The Bertz CT molecular complexity index is 1340. The van der Waals surface area contributed by atoms with Gasteiger partial charge in [-0.05, 0) is 53.7 Å². The molecule has 2 aliphatic heterocycles. The van der Waals surface area contributed by atoms with Crippen LogP contribution in [0.4, 0.5) is 10.3 Å². The largest absolute Gasteiger partial charge is 0.385 e. The Morgan fingerprint density at radius 3 is 2.67 bits per heavy atom. The van der Waals surface area contributed by atoms with E-state index >= 15 is 4.39 Å². The Morgan fingerprint density at radius 2 is 2.00 bits per heavy atom. The third kappa shape index (κ3) is 4.14. The van der Waals surface area contributed by atoms with E-state index in [2.05, 4.69) is 20.3 Å². The number of hydrogen-bond acceptors (Lipinski definition) is 8. The molecule has 4 heterocycles. The van der Waals surface area contributed by atoms with Gasteiger partial charge < -0.3 is 29.6 Å². The quantitative estimate of drug-likeness (QED) is 0.460. The Morgan fingerprint density at radius 1 is 1.28 bits per heavy atom. The molecule has 0 aliphatic carbocycles. The summed E-state index contributed by atoms with van der Waals surface area (Å²) in [5.74, 6) is -1.07. The summed E-state index contributed by atoms with van der Waals surface area (Å²) >= 11 is 6.46. The molecule has 3 N–H and O–H groups in total. The van der Waals surface area contributed by atoms with Crippen molar-refractivity contribution in [1.29, 1.82) is 0 Å². The molecular formula is C25H31ClFN5O4. The van der Waals surface area contributed by atoms with Crippen LogP contribution in [-0.2, 0) is 15.1 Å². The predicted octanol–water partition coefficient (Wildman–Crippen LogP) is 4.16. The third-order valence-electron chi connectivity index (χ3n) is 6.83. The number of aliphatic hydroxyl groups is 2. The summed E-state index contributed by atoms with van der Waals surface area (Å²) in [7, 11) is 0. The summed E-state index contributed by atoms with van der Waals surface area (Å²) in [6.07, 6.45) is 0.973. The highest BCUT2D eigenvalue weighted by molar-refractivity contribution is 6.33. The summed E-state index contributed by atoms with van der Waals surface area (Å²) in [5, 5.41) is 24.9. The number of fused-ring (bicyclic) bond motifs is 3. The predicted molar refractivity (Wildman–Crippen MR) is 133 cm³/mol. The third-order valence-corrected chi connectivity index (χ3v) is 7.10. The first-order valence-corrected chi connectivity index (χ1v) is 12.3. The number of rotatable bonds is 5. The summed E-state index contributed by atoms with van der Waals surface area (Å²) < 4.78 is 28.8. The SMILES string of the molecule is CC(C)n1c(C(C)(C)O)nc2c(F)cc(-c3nc(N[C@@H]4C[C@@]5(C)CO[C@](C)(O5)[C@H]4O)ncc3Cl)cc21. The molecule has 11 heteroatoms. The van der Waals surface area contributed by atoms with E-state index < -0.39 is 35.0 Å². The minimum Gasteiger partial charge on any atom is -0.385 e. The fraction of sp³-hybridized carbons (Fsp3) is 0.560. The molecule has 3 aromatic rings. The number of benzene rings is 1. The number of ether oxygens (including phenoxy) is 2. The van der Waals surface area contributed by atoms with Crippen LogP contribution in [0.5, 0.6) is 0 Å². The molecule has 1 aromatic carbocycles. The maximum absolute atomic E-state index is 15.3. The molecule has 0 amide bonds. The van der Waals surface area contributed by atoms with Gasteiger partial charge in [0.2, 0.25) is 5.95 Å². The molecule has 0 spiro atoms. The number of aromatic nitrogens is 4. The van der Waals surface area contributed by atoms with Crippen LogP contribution >= 0.6 is 11.6 Å². The molecule has 194 valence electrons. The highest BCUT2D eigenvalue weighted by Crippen LogP contribution is 2.44. The maximum Gasteiger partial charge on any atom is 0.223 e. The fourth-order valence-corrected chi connectivity index (χ4v) is 5.41. The van der Waals surface area contributed by atoms with Gasteiger partial charge in [-0.15, -0.1) is 0 Å².